The molecule has 5 heteroatoms. The van der Waals surface area contributed by atoms with Gasteiger partial charge in [-0.1, -0.05) is 5.16 Å². The largest absolute Gasteiger partial charge is 0.497 e. The van der Waals surface area contributed by atoms with Crippen LogP contribution in [0.3, 0.4) is 0 Å². The number of methoxy groups -OCH3 is 2. The van der Waals surface area contributed by atoms with Gasteiger partial charge in [0.15, 0.2) is 0 Å². The van der Waals surface area contributed by atoms with Gasteiger partial charge in [0, 0.05) is 18.2 Å². The highest BCUT2D eigenvalue weighted by atomic mass is 16.5. The van der Waals surface area contributed by atoms with E-state index in [2.05, 4.69) is 10.5 Å². The lowest BCUT2D eigenvalue weighted by atomic mass is 10.2. The van der Waals surface area contributed by atoms with Crippen LogP contribution in [0.5, 0.6) is 11.5 Å². The van der Waals surface area contributed by atoms with Gasteiger partial charge in [0.2, 0.25) is 0 Å². The fourth-order valence-electron chi connectivity index (χ4n) is 1.88. The van der Waals surface area contributed by atoms with Crippen LogP contribution in [0, 0.1) is 13.8 Å². The lowest BCUT2D eigenvalue weighted by molar-refractivity contribution is 0.392. The first-order chi connectivity index (χ1) is 9.15. The van der Waals surface area contributed by atoms with Gasteiger partial charge in [0.25, 0.3) is 0 Å². The molecule has 1 heterocycles. The number of ether oxygens (including phenoxy) is 2. The van der Waals surface area contributed by atoms with E-state index in [1.165, 1.54) is 0 Å². The van der Waals surface area contributed by atoms with Gasteiger partial charge >= 0.3 is 0 Å². The SMILES string of the molecule is COc1ccc(NCc2c(C)noc2C)c(OC)c1. The molecular formula is C14H18N2O3. The second-order valence-electron chi connectivity index (χ2n) is 4.22. The molecule has 0 radical (unpaired) electrons. The molecule has 0 saturated carbocycles. The van der Waals surface area contributed by atoms with Crippen LogP contribution in [-0.2, 0) is 6.54 Å². The number of nitrogens with one attached hydrogen (secondary N) is 1. The minimum Gasteiger partial charge on any atom is -0.497 e. The third-order valence-corrected chi connectivity index (χ3v) is 3.05. The van der Waals surface area contributed by atoms with E-state index in [9.17, 15) is 0 Å². The molecule has 1 N–H and O–H groups in total. The van der Waals surface area contributed by atoms with Crippen LogP contribution in [0.2, 0.25) is 0 Å². The molecule has 2 rings (SSSR count). The predicted octanol–water partition coefficient (Wildman–Crippen LogP) is 2.92. The maximum absolute atomic E-state index is 5.34. The van der Waals surface area contributed by atoms with Gasteiger partial charge in [-0.2, -0.15) is 0 Å². The third-order valence-electron chi connectivity index (χ3n) is 3.05. The normalized spacial score (nSPS) is 10.3. The number of hydrogen-bond donors (Lipinski definition) is 1. The van der Waals surface area contributed by atoms with Crippen LogP contribution in [-0.4, -0.2) is 19.4 Å². The summed E-state index contributed by atoms with van der Waals surface area (Å²) in [6, 6.07) is 5.66. The molecule has 0 bridgehead atoms. The molecule has 1 aromatic heterocycles. The zero-order valence-electron chi connectivity index (χ0n) is 11.6. The van der Waals surface area contributed by atoms with E-state index in [-0.39, 0.29) is 0 Å². The summed E-state index contributed by atoms with van der Waals surface area (Å²) in [5.74, 6) is 2.34. The van der Waals surface area contributed by atoms with Crippen LogP contribution in [0.15, 0.2) is 22.7 Å². The Morgan fingerprint density at radius 1 is 1.21 bits per heavy atom. The van der Waals surface area contributed by atoms with E-state index in [1.54, 1.807) is 14.2 Å². The van der Waals surface area contributed by atoms with Crippen molar-refractivity contribution in [1.82, 2.24) is 5.16 Å². The third kappa shape index (κ3) is 2.81. The average molecular weight is 262 g/mol. The highest BCUT2D eigenvalue weighted by Crippen LogP contribution is 2.29. The van der Waals surface area contributed by atoms with Crippen molar-refractivity contribution < 1.29 is 14.0 Å². The van der Waals surface area contributed by atoms with E-state index >= 15 is 0 Å². The molecule has 0 unspecified atom stereocenters. The van der Waals surface area contributed by atoms with Crippen molar-refractivity contribution in [3.63, 3.8) is 0 Å². The molecule has 19 heavy (non-hydrogen) atoms. The monoisotopic (exact) mass is 262 g/mol. The van der Waals surface area contributed by atoms with Gasteiger partial charge in [-0.3, -0.25) is 0 Å². The molecule has 102 valence electrons. The van der Waals surface area contributed by atoms with Gasteiger partial charge in [-0.25, -0.2) is 0 Å². The molecular weight excluding hydrogens is 244 g/mol. The standard InChI is InChI=1S/C14H18N2O3/c1-9-12(10(2)19-16-9)8-15-13-6-5-11(17-3)7-14(13)18-4/h5-7,15H,8H2,1-4H3. The molecule has 1 aromatic carbocycles. The molecule has 0 aliphatic rings. The van der Waals surface area contributed by atoms with Gasteiger partial charge in [-0.15, -0.1) is 0 Å². The Labute approximate surface area is 112 Å². The topological polar surface area (TPSA) is 56.5 Å². The smallest absolute Gasteiger partial charge is 0.145 e. The summed E-state index contributed by atoms with van der Waals surface area (Å²) in [6.07, 6.45) is 0. The molecule has 0 fully saturated rings. The summed E-state index contributed by atoms with van der Waals surface area (Å²) >= 11 is 0. The second kappa shape index (κ2) is 5.65. The van der Waals surface area contributed by atoms with Crippen molar-refractivity contribution in [3.05, 3.63) is 35.2 Å². The Bertz CT molecular complexity index is 544. The zero-order valence-corrected chi connectivity index (χ0v) is 11.6. The highest BCUT2D eigenvalue weighted by molar-refractivity contribution is 5.59. The first kappa shape index (κ1) is 13.3. The minimum atomic E-state index is 0.643. The maximum Gasteiger partial charge on any atom is 0.145 e. The Hall–Kier alpha value is -2.17. The van der Waals surface area contributed by atoms with Crippen molar-refractivity contribution >= 4 is 5.69 Å². The number of aromatic nitrogens is 1. The number of hydrogen-bond acceptors (Lipinski definition) is 5. The minimum absolute atomic E-state index is 0.643. The molecule has 0 saturated heterocycles. The lowest BCUT2D eigenvalue weighted by Gasteiger charge is -2.12. The van der Waals surface area contributed by atoms with Crippen molar-refractivity contribution in [1.29, 1.82) is 0 Å². The zero-order chi connectivity index (χ0) is 13.8. The van der Waals surface area contributed by atoms with Crippen LogP contribution in [0.25, 0.3) is 0 Å². The molecule has 0 aliphatic heterocycles. The molecule has 5 nitrogen and oxygen atoms in total. The van der Waals surface area contributed by atoms with E-state index in [0.717, 1.165) is 34.2 Å². The second-order valence-corrected chi connectivity index (χ2v) is 4.22. The maximum atomic E-state index is 5.34. The Kier molecular flexibility index (Phi) is 3.94. The summed E-state index contributed by atoms with van der Waals surface area (Å²) in [4.78, 5) is 0. The number of anilines is 1. The van der Waals surface area contributed by atoms with Crippen molar-refractivity contribution in [2.45, 2.75) is 20.4 Å². The van der Waals surface area contributed by atoms with Crippen molar-refractivity contribution in [2.24, 2.45) is 0 Å². The highest BCUT2D eigenvalue weighted by Gasteiger charge is 2.10. The predicted molar refractivity (Wildman–Crippen MR) is 72.8 cm³/mol. The van der Waals surface area contributed by atoms with Crippen LogP contribution in [0.4, 0.5) is 5.69 Å². The number of aryl methyl sites for hydroxylation is 2. The lowest BCUT2D eigenvalue weighted by Crippen LogP contribution is -2.03. The summed E-state index contributed by atoms with van der Waals surface area (Å²) in [7, 11) is 3.27. The molecule has 0 atom stereocenters. The average Bonchev–Trinajstić information content (AvgIpc) is 2.75. The van der Waals surface area contributed by atoms with Gasteiger partial charge in [0.1, 0.15) is 17.3 Å². The van der Waals surface area contributed by atoms with E-state index < -0.39 is 0 Å². The van der Waals surface area contributed by atoms with Crippen molar-refractivity contribution in [2.75, 3.05) is 19.5 Å². The first-order valence-corrected chi connectivity index (χ1v) is 6.03. The Morgan fingerprint density at radius 3 is 2.58 bits per heavy atom. The van der Waals surface area contributed by atoms with Gasteiger partial charge < -0.3 is 19.3 Å². The Balaban J connectivity index is 2.15. The summed E-state index contributed by atoms with van der Waals surface area (Å²) in [6.45, 7) is 4.48. The van der Waals surface area contributed by atoms with E-state index in [0.29, 0.717) is 6.54 Å². The van der Waals surface area contributed by atoms with Crippen LogP contribution >= 0.6 is 0 Å². The number of rotatable bonds is 5. The van der Waals surface area contributed by atoms with Gasteiger partial charge in [-0.05, 0) is 26.0 Å². The quantitative estimate of drug-likeness (QED) is 0.897. The molecule has 0 aliphatic carbocycles. The van der Waals surface area contributed by atoms with E-state index in [4.69, 9.17) is 14.0 Å². The first-order valence-electron chi connectivity index (χ1n) is 6.03. The molecule has 2 aromatic rings. The number of benzene rings is 1. The summed E-state index contributed by atoms with van der Waals surface area (Å²) < 4.78 is 15.6. The van der Waals surface area contributed by atoms with Crippen LogP contribution in [0.1, 0.15) is 17.0 Å². The fourth-order valence-corrected chi connectivity index (χ4v) is 1.88. The van der Waals surface area contributed by atoms with Gasteiger partial charge in [0.05, 0.1) is 25.6 Å². The summed E-state index contributed by atoms with van der Waals surface area (Å²) in [5.41, 5.74) is 2.87. The summed E-state index contributed by atoms with van der Waals surface area (Å²) in [5, 5.41) is 7.25. The fraction of sp³-hybridized carbons (Fsp3) is 0.357. The van der Waals surface area contributed by atoms with Crippen LogP contribution < -0.4 is 14.8 Å². The van der Waals surface area contributed by atoms with E-state index in [1.807, 2.05) is 32.0 Å². The Morgan fingerprint density at radius 2 is 2.00 bits per heavy atom. The van der Waals surface area contributed by atoms with Crippen molar-refractivity contribution in [3.8, 4) is 11.5 Å². The molecule has 0 spiro atoms. The molecule has 0 amide bonds. The number of nitrogens with zero attached hydrogens (tertiary/aromatic N) is 1.